The number of hydrogen-bond acceptors (Lipinski definition) is 4. The van der Waals surface area contributed by atoms with E-state index in [-0.39, 0.29) is 11.7 Å². The Balaban J connectivity index is 1.58. The molecule has 1 saturated heterocycles. The van der Waals surface area contributed by atoms with Crippen molar-refractivity contribution in [3.05, 3.63) is 59.4 Å². The van der Waals surface area contributed by atoms with Crippen molar-refractivity contribution >= 4 is 12.0 Å². The van der Waals surface area contributed by atoms with Gasteiger partial charge in [0.2, 0.25) is 11.7 Å². The Bertz CT molecular complexity index is 891. The van der Waals surface area contributed by atoms with Crippen LogP contribution in [0.2, 0.25) is 0 Å². The van der Waals surface area contributed by atoms with Crippen molar-refractivity contribution in [3.63, 3.8) is 0 Å². The van der Waals surface area contributed by atoms with Gasteiger partial charge in [-0.25, -0.2) is 4.39 Å². The molecule has 0 saturated carbocycles. The Morgan fingerprint density at radius 2 is 1.67 bits per heavy atom. The monoisotopic (exact) mass is 415 g/mol. The summed E-state index contributed by atoms with van der Waals surface area (Å²) >= 11 is 0. The summed E-state index contributed by atoms with van der Waals surface area (Å²) in [6, 6.07) is 9.95. The number of halogens is 1. The van der Waals surface area contributed by atoms with Gasteiger partial charge in [-0.15, -0.1) is 0 Å². The molecule has 0 spiro atoms. The van der Waals surface area contributed by atoms with Crippen LogP contribution in [0.15, 0.2) is 42.5 Å². The summed E-state index contributed by atoms with van der Waals surface area (Å²) in [5.41, 5.74) is 1.84. The highest BCUT2D eigenvalue weighted by Gasteiger charge is 2.25. The van der Waals surface area contributed by atoms with Crippen molar-refractivity contribution in [3.8, 4) is 17.2 Å². The number of nitrogens with one attached hydrogen (secondary N) is 1. The molecular weight excluding hydrogens is 387 g/mol. The fraction of sp³-hybridized carbons (Fsp3) is 0.348. The molecule has 30 heavy (non-hydrogen) atoms. The Kier molecular flexibility index (Phi) is 7.30. The average molecular weight is 415 g/mol. The Hall–Kier alpha value is -3.06. The topological polar surface area (TPSA) is 52.4 Å². The minimum Gasteiger partial charge on any atom is -0.493 e. The Morgan fingerprint density at radius 1 is 1.00 bits per heavy atom. The molecule has 1 heterocycles. The zero-order valence-electron chi connectivity index (χ0n) is 17.6. The first-order valence-electron chi connectivity index (χ1n) is 9.89. The molecule has 1 N–H and O–H groups in total. The van der Waals surface area contributed by atoms with Crippen LogP contribution in [0, 0.1) is 5.82 Å². The van der Waals surface area contributed by atoms with Crippen molar-refractivity contribution < 1.29 is 28.3 Å². The van der Waals surface area contributed by atoms with Crippen LogP contribution in [-0.2, 0) is 11.3 Å². The molecule has 1 amide bonds. The van der Waals surface area contributed by atoms with Crippen molar-refractivity contribution in [2.24, 2.45) is 0 Å². The number of quaternary nitrogens is 1. The van der Waals surface area contributed by atoms with Gasteiger partial charge in [0, 0.05) is 6.08 Å². The first kappa shape index (κ1) is 21.6. The summed E-state index contributed by atoms with van der Waals surface area (Å²) in [4.78, 5) is 15.7. The van der Waals surface area contributed by atoms with Gasteiger partial charge in [0.05, 0.1) is 53.1 Å². The zero-order valence-corrected chi connectivity index (χ0v) is 17.6. The predicted molar refractivity (Wildman–Crippen MR) is 113 cm³/mol. The van der Waals surface area contributed by atoms with Crippen molar-refractivity contribution in [1.82, 2.24) is 4.90 Å². The first-order valence-corrected chi connectivity index (χ1v) is 9.89. The van der Waals surface area contributed by atoms with E-state index in [1.54, 1.807) is 45.6 Å². The Morgan fingerprint density at radius 3 is 2.27 bits per heavy atom. The van der Waals surface area contributed by atoms with Crippen molar-refractivity contribution in [1.29, 1.82) is 0 Å². The summed E-state index contributed by atoms with van der Waals surface area (Å²) in [7, 11) is 4.82. The fourth-order valence-electron chi connectivity index (χ4n) is 3.64. The molecule has 0 atom stereocenters. The van der Waals surface area contributed by atoms with Crippen LogP contribution >= 0.6 is 0 Å². The van der Waals surface area contributed by atoms with E-state index in [2.05, 4.69) is 0 Å². The van der Waals surface area contributed by atoms with Crippen molar-refractivity contribution in [2.45, 2.75) is 6.54 Å². The number of nitrogens with zero attached hydrogens (tertiary/aromatic N) is 1. The van der Waals surface area contributed by atoms with Gasteiger partial charge >= 0.3 is 0 Å². The molecule has 3 rings (SSSR count). The van der Waals surface area contributed by atoms with E-state index >= 15 is 0 Å². The lowest BCUT2D eigenvalue weighted by molar-refractivity contribution is -0.917. The molecule has 0 radical (unpaired) electrons. The summed E-state index contributed by atoms with van der Waals surface area (Å²) in [6.45, 7) is 3.81. The predicted octanol–water partition coefficient (Wildman–Crippen LogP) is 1.79. The van der Waals surface area contributed by atoms with E-state index in [0.717, 1.165) is 30.8 Å². The number of methoxy groups -OCH3 is 3. The number of piperazine rings is 1. The molecule has 2 aromatic rings. The van der Waals surface area contributed by atoms with E-state index < -0.39 is 0 Å². The van der Waals surface area contributed by atoms with Crippen LogP contribution in [-0.4, -0.2) is 58.3 Å². The van der Waals surface area contributed by atoms with E-state index in [9.17, 15) is 9.18 Å². The molecule has 1 aliphatic rings. The molecule has 6 nitrogen and oxygen atoms in total. The second-order valence-corrected chi connectivity index (χ2v) is 7.13. The smallest absolute Gasteiger partial charge is 0.246 e. The Labute approximate surface area is 176 Å². The minimum absolute atomic E-state index is 0.0259. The molecule has 2 aromatic carbocycles. The molecule has 1 aliphatic heterocycles. The zero-order chi connectivity index (χ0) is 21.5. The van der Waals surface area contributed by atoms with E-state index in [0.29, 0.717) is 30.3 Å². The van der Waals surface area contributed by atoms with E-state index in [1.165, 1.54) is 17.0 Å². The maximum absolute atomic E-state index is 13.0. The third kappa shape index (κ3) is 5.10. The normalized spacial score (nSPS) is 14.7. The number of rotatable bonds is 7. The number of amides is 1. The lowest BCUT2D eigenvalue weighted by Gasteiger charge is -2.32. The summed E-state index contributed by atoms with van der Waals surface area (Å²) in [6.07, 6.45) is 3.27. The minimum atomic E-state index is -0.288. The van der Waals surface area contributed by atoms with Crippen molar-refractivity contribution in [2.75, 3.05) is 47.5 Å². The number of carbonyl (C=O) groups is 1. The molecule has 160 valence electrons. The summed E-state index contributed by atoms with van der Waals surface area (Å²) in [5, 5.41) is 0. The van der Waals surface area contributed by atoms with Crippen LogP contribution in [0.4, 0.5) is 4.39 Å². The standard InChI is InChI=1S/C23H27FN2O4/c1-28-20-10-7-18(22(29-2)23(20)30-3)16-25-12-14-26(15-13-25)21(27)11-6-17-4-8-19(24)9-5-17/h4-11H,12-16H2,1-3H3/p+1/b11-6+. The van der Waals surface area contributed by atoms with Gasteiger partial charge in [0.15, 0.2) is 11.5 Å². The van der Waals surface area contributed by atoms with Crippen LogP contribution in [0.3, 0.4) is 0 Å². The van der Waals surface area contributed by atoms with Gasteiger partial charge < -0.3 is 24.0 Å². The fourth-order valence-corrected chi connectivity index (χ4v) is 3.64. The van der Waals surface area contributed by atoms with Gasteiger partial charge in [-0.3, -0.25) is 4.79 Å². The molecule has 0 aliphatic carbocycles. The lowest BCUT2D eigenvalue weighted by Crippen LogP contribution is -3.13. The van der Waals surface area contributed by atoms with Crippen LogP contribution in [0.5, 0.6) is 17.2 Å². The summed E-state index contributed by atoms with van der Waals surface area (Å²) < 4.78 is 29.4. The van der Waals surface area contributed by atoms with E-state index in [1.807, 2.05) is 17.0 Å². The largest absolute Gasteiger partial charge is 0.493 e. The highest BCUT2D eigenvalue weighted by molar-refractivity contribution is 5.91. The number of benzene rings is 2. The summed E-state index contributed by atoms with van der Waals surface area (Å²) in [5.74, 6) is 1.60. The third-order valence-electron chi connectivity index (χ3n) is 5.30. The average Bonchev–Trinajstić information content (AvgIpc) is 2.78. The lowest BCUT2D eigenvalue weighted by atomic mass is 10.1. The molecule has 0 bridgehead atoms. The van der Waals surface area contributed by atoms with Gasteiger partial charge in [-0.1, -0.05) is 12.1 Å². The van der Waals surface area contributed by atoms with Gasteiger partial charge in [-0.2, -0.15) is 0 Å². The number of hydrogen-bond donors (Lipinski definition) is 1. The van der Waals surface area contributed by atoms with Crippen LogP contribution < -0.4 is 19.1 Å². The highest BCUT2D eigenvalue weighted by atomic mass is 19.1. The molecule has 7 heteroatoms. The first-order chi connectivity index (χ1) is 14.5. The number of carbonyl (C=O) groups excluding carboxylic acids is 1. The van der Waals surface area contributed by atoms with Gasteiger partial charge in [0.1, 0.15) is 12.4 Å². The maximum Gasteiger partial charge on any atom is 0.246 e. The second-order valence-electron chi connectivity index (χ2n) is 7.13. The van der Waals surface area contributed by atoms with Gasteiger partial charge in [0.25, 0.3) is 0 Å². The second kappa shape index (κ2) is 10.1. The molecule has 1 fully saturated rings. The quantitative estimate of drug-likeness (QED) is 0.701. The van der Waals surface area contributed by atoms with Crippen LogP contribution in [0.1, 0.15) is 11.1 Å². The maximum atomic E-state index is 13.0. The molecular formula is C23H28FN2O4+. The van der Waals surface area contributed by atoms with Crippen LogP contribution in [0.25, 0.3) is 6.08 Å². The molecule has 0 unspecified atom stereocenters. The third-order valence-corrected chi connectivity index (χ3v) is 5.30. The van der Waals surface area contributed by atoms with Gasteiger partial charge in [-0.05, 0) is 35.9 Å². The van der Waals surface area contributed by atoms with E-state index in [4.69, 9.17) is 14.2 Å². The highest BCUT2D eigenvalue weighted by Crippen LogP contribution is 2.39. The number of ether oxygens (including phenoxy) is 3. The SMILES string of the molecule is COc1ccc(C[NH+]2CCN(C(=O)/C=C/c3ccc(F)cc3)CC2)c(OC)c1OC. The molecule has 0 aromatic heterocycles.